The summed E-state index contributed by atoms with van der Waals surface area (Å²) in [5, 5.41) is 11.2. The summed E-state index contributed by atoms with van der Waals surface area (Å²) in [5.74, 6) is -0.0664. The van der Waals surface area contributed by atoms with Gasteiger partial charge in [0, 0.05) is 38.1 Å². The molecule has 3 heterocycles. The lowest BCUT2D eigenvalue weighted by Crippen LogP contribution is -2.29. The maximum absolute atomic E-state index is 12.4. The highest BCUT2D eigenvalue weighted by atomic mass is 16.2. The highest BCUT2D eigenvalue weighted by molar-refractivity contribution is 5.94. The molecular weight excluding hydrogens is 268 g/mol. The molecule has 3 aromatic heterocycles. The number of hydrogen-bond donors (Lipinski definition) is 0. The van der Waals surface area contributed by atoms with E-state index in [9.17, 15) is 4.79 Å². The first kappa shape index (κ1) is 13.2. The number of carbonyl (C=O) groups excluding carboxylic acids is 1. The number of hydrogen-bond acceptors (Lipinski definition) is 5. The first-order valence-electron chi connectivity index (χ1n) is 6.57. The van der Waals surface area contributed by atoms with Crippen LogP contribution in [-0.2, 0) is 6.42 Å². The molecule has 0 saturated heterocycles. The molecule has 0 unspecified atom stereocenters. The first-order chi connectivity index (χ1) is 10.2. The van der Waals surface area contributed by atoms with Gasteiger partial charge in [0.2, 0.25) is 0 Å². The van der Waals surface area contributed by atoms with Crippen LogP contribution in [0.3, 0.4) is 0 Å². The summed E-state index contributed by atoms with van der Waals surface area (Å²) in [6.07, 6.45) is 4.11. The first-order valence-corrected chi connectivity index (χ1v) is 6.57. The van der Waals surface area contributed by atoms with E-state index in [0.717, 1.165) is 12.1 Å². The molecule has 0 spiro atoms. The van der Waals surface area contributed by atoms with Crippen LogP contribution in [0.2, 0.25) is 0 Å². The van der Waals surface area contributed by atoms with E-state index in [2.05, 4.69) is 20.5 Å². The van der Waals surface area contributed by atoms with E-state index in [0.29, 0.717) is 17.8 Å². The molecule has 0 aliphatic carbocycles. The van der Waals surface area contributed by atoms with Gasteiger partial charge in [-0.05, 0) is 34.7 Å². The minimum absolute atomic E-state index is 0.0664. The SMILES string of the molecule is CN(CCc1ccccn1)C(=O)c1ccc2nnnn2c1. The van der Waals surface area contributed by atoms with Crippen molar-refractivity contribution >= 4 is 11.6 Å². The second-order valence-electron chi connectivity index (χ2n) is 4.70. The third-order valence-electron chi connectivity index (χ3n) is 3.21. The molecule has 0 aromatic carbocycles. The molecule has 7 heteroatoms. The maximum Gasteiger partial charge on any atom is 0.255 e. The van der Waals surface area contributed by atoms with Crippen molar-refractivity contribution in [2.24, 2.45) is 0 Å². The van der Waals surface area contributed by atoms with E-state index in [-0.39, 0.29) is 5.91 Å². The lowest BCUT2D eigenvalue weighted by molar-refractivity contribution is 0.0795. The lowest BCUT2D eigenvalue weighted by Gasteiger charge is -2.16. The van der Waals surface area contributed by atoms with Crippen molar-refractivity contribution in [3.63, 3.8) is 0 Å². The van der Waals surface area contributed by atoms with E-state index in [1.54, 1.807) is 36.5 Å². The van der Waals surface area contributed by atoms with Crippen molar-refractivity contribution in [1.29, 1.82) is 0 Å². The zero-order valence-corrected chi connectivity index (χ0v) is 11.5. The van der Waals surface area contributed by atoms with E-state index >= 15 is 0 Å². The summed E-state index contributed by atoms with van der Waals surface area (Å²) < 4.78 is 1.49. The molecule has 0 saturated carbocycles. The van der Waals surface area contributed by atoms with E-state index in [1.165, 1.54) is 4.52 Å². The standard InChI is InChI=1S/C14H14N6O/c1-19(9-7-12-4-2-3-8-15-12)14(21)11-5-6-13-16-17-18-20(13)10-11/h2-6,8,10H,7,9H2,1H3. The van der Waals surface area contributed by atoms with E-state index in [1.807, 2.05) is 18.2 Å². The largest absolute Gasteiger partial charge is 0.341 e. The van der Waals surface area contributed by atoms with Gasteiger partial charge in [0.1, 0.15) is 0 Å². The number of nitrogens with zero attached hydrogens (tertiary/aromatic N) is 6. The van der Waals surface area contributed by atoms with Gasteiger partial charge in [-0.1, -0.05) is 6.07 Å². The molecule has 7 nitrogen and oxygen atoms in total. The van der Waals surface area contributed by atoms with Crippen LogP contribution >= 0.6 is 0 Å². The van der Waals surface area contributed by atoms with Crippen molar-refractivity contribution in [3.05, 3.63) is 54.0 Å². The molecule has 3 rings (SSSR count). The van der Waals surface area contributed by atoms with Gasteiger partial charge in [-0.25, -0.2) is 0 Å². The maximum atomic E-state index is 12.4. The molecule has 0 fully saturated rings. The zero-order chi connectivity index (χ0) is 14.7. The van der Waals surface area contributed by atoms with Gasteiger partial charge in [-0.2, -0.15) is 4.52 Å². The highest BCUT2D eigenvalue weighted by Crippen LogP contribution is 2.06. The molecule has 0 aliphatic rings. The topological polar surface area (TPSA) is 76.3 Å². The molecule has 21 heavy (non-hydrogen) atoms. The fourth-order valence-corrected chi connectivity index (χ4v) is 2.02. The van der Waals surface area contributed by atoms with Crippen LogP contribution in [-0.4, -0.2) is 49.4 Å². The second-order valence-corrected chi connectivity index (χ2v) is 4.70. The van der Waals surface area contributed by atoms with Crippen LogP contribution in [0.1, 0.15) is 16.1 Å². The Morgan fingerprint density at radius 1 is 1.29 bits per heavy atom. The summed E-state index contributed by atoms with van der Waals surface area (Å²) >= 11 is 0. The third kappa shape index (κ3) is 2.86. The predicted molar refractivity (Wildman–Crippen MR) is 75.7 cm³/mol. The number of tetrazole rings is 1. The third-order valence-corrected chi connectivity index (χ3v) is 3.21. The van der Waals surface area contributed by atoms with Crippen LogP contribution < -0.4 is 0 Å². The Hall–Kier alpha value is -2.83. The zero-order valence-electron chi connectivity index (χ0n) is 11.5. The normalized spacial score (nSPS) is 10.7. The smallest absolute Gasteiger partial charge is 0.255 e. The lowest BCUT2D eigenvalue weighted by atomic mass is 10.2. The number of aromatic nitrogens is 5. The van der Waals surface area contributed by atoms with Crippen molar-refractivity contribution in [3.8, 4) is 0 Å². The van der Waals surface area contributed by atoms with Crippen molar-refractivity contribution in [2.75, 3.05) is 13.6 Å². The Bertz CT molecular complexity index is 754. The van der Waals surface area contributed by atoms with Crippen LogP contribution in [0, 0.1) is 0 Å². The summed E-state index contributed by atoms with van der Waals surface area (Å²) in [5.41, 5.74) is 2.13. The number of carbonyl (C=O) groups is 1. The Kier molecular flexibility index (Phi) is 3.55. The van der Waals surface area contributed by atoms with Crippen LogP contribution in [0.15, 0.2) is 42.7 Å². The van der Waals surface area contributed by atoms with Crippen LogP contribution in [0.4, 0.5) is 0 Å². The summed E-state index contributed by atoms with van der Waals surface area (Å²) in [6, 6.07) is 9.21. The Labute approximate surface area is 121 Å². The average molecular weight is 282 g/mol. The number of likely N-dealkylation sites (N-methyl/N-ethyl adjacent to an activating group) is 1. The van der Waals surface area contributed by atoms with Gasteiger partial charge in [0.25, 0.3) is 5.91 Å². The molecule has 0 aliphatic heterocycles. The second kappa shape index (κ2) is 5.66. The van der Waals surface area contributed by atoms with Gasteiger partial charge in [-0.15, -0.1) is 5.10 Å². The number of amides is 1. The van der Waals surface area contributed by atoms with Gasteiger partial charge >= 0.3 is 0 Å². The van der Waals surface area contributed by atoms with E-state index < -0.39 is 0 Å². The minimum Gasteiger partial charge on any atom is -0.341 e. The molecule has 0 N–H and O–H groups in total. The summed E-state index contributed by atoms with van der Waals surface area (Å²) in [7, 11) is 1.77. The highest BCUT2D eigenvalue weighted by Gasteiger charge is 2.13. The van der Waals surface area contributed by atoms with Gasteiger partial charge in [-0.3, -0.25) is 9.78 Å². The average Bonchev–Trinajstić information content (AvgIpc) is 3.00. The molecule has 106 valence electrons. The molecule has 0 atom stereocenters. The molecule has 0 bridgehead atoms. The minimum atomic E-state index is -0.0664. The van der Waals surface area contributed by atoms with Gasteiger partial charge < -0.3 is 4.90 Å². The van der Waals surface area contributed by atoms with Crippen molar-refractivity contribution < 1.29 is 4.79 Å². The fraction of sp³-hybridized carbons (Fsp3) is 0.214. The molecule has 3 aromatic rings. The number of fused-ring (bicyclic) bond motifs is 1. The Balaban J connectivity index is 1.69. The van der Waals surface area contributed by atoms with Gasteiger partial charge in [0.15, 0.2) is 5.65 Å². The number of rotatable bonds is 4. The summed E-state index contributed by atoms with van der Waals surface area (Å²) in [4.78, 5) is 18.3. The number of pyridine rings is 2. The predicted octanol–water partition coefficient (Wildman–Crippen LogP) is 0.834. The van der Waals surface area contributed by atoms with Crippen molar-refractivity contribution in [1.82, 2.24) is 29.9 Å². The van der Waals surface area contributed by atoms with Gasteiger partial charge in [0.05, 0.1) is 5.56 Å². The van der Waals surface area contributed by atoms with Crippen molar-refractivity contribution in [2.45, 2.75) is 6.42 Å². The molecule has 1 amide bonds. The van der Waals surface area contributed by atoms with E-state index in [4.69, 9.17) is 0 Å². The van der Waals surface area contributed by atoms with Crippen LogP contribution in [0.5, 0.6) is 0 Å². The van der Waals surface area contributed by atoms with Crippen LogP contribution in [0.25, 0.3) is 5.65 Å². The fourth-order valence-electron chi connectivity index (χ4n) is 2.02. The Morgan fingerprint density at radius 3 is 3.00 bits per heavy atom. The Morgan fingerprint density at radius 2 is 2.19 bits per heavy atom. The monoisotopic (exact) mass is 282 g/mol. The quantitative estimate of drug-likeness (QED) is 0.708. The molecule has 0 radical (unpaired) electrons. The summed E-state index contributed by atoms with van der Waals surface area (Å²) in [6.45, 7) is 0.601. The molecular formula is C14H14N6O.